The van der Waals surface area contributed by atoms with Gasteiger partial charge < -0.3 is 0 Å². The van der Waals surface area contributed by atoms with Crippen molar-refractivity contribution in [3.63, 3.8) is 0 Å². The van der Waals surface area contributed by atoms with E-state index in [1.165, 1.54) is 0 Å². The lowest BCUT2D eigenvalue weighted by Gasteiger charge is -2.23. The first kappa shape index (κ1) is 13.6. The van der Waals surface area contributed by atoms with Gasteiger partial charge in [0, 0.05) is 22.1 Å². The van der Waals surface area contributed by atoms with Crippen LogP contribution in [0, 0.1) is 5.92 Å². The van der Waals surface area contributed by atoms with Crippen molar-refractivity contribution in [3.8, 4) is 0 Å². The summed E-state index contributed by atoms with van der Waals surface area (Å²) in [5.74, 6) is 1.48. The second-order valence-electron chi connectivity index (χ2n) is 4.97. The molecule has 1 heterocycles. The third kappa shape index (κ3) is 3.27. The molecule has 0 saturated carbocycles. The van der Waals surface area contributed by atoms with Crippen LogP contribution in [0.4, 0.5) is 0 Å². The summed E-state index contributed by atoms with van der Waals surface area (Å²) in [6.45, 7) is 11.0. The maximum Gasteiger partial charge on any atom is 0.115 e. The van der Waals surface area contributed by atoms with Gasteiger partial charge in [-0.05, 0) is 17.9 Å². The number of nitrogens with zero attached hydrogens (tertiary/aromatic N) is 2. The SMILES string of the molecule is CC(C)c1cc(C(C(C)C)C(C)Br)ncn1. The molecule has 3 heteroatoms. The zero-order valence-electron chi connectivity index (χ0n) is 10.7. The van der Waals surface area contributed by atoms with Gasteiger partial charge in [-0.1, -0.05) is 50.5 Å². The minimum atomic E-state index is 0.433. The quantitative estimate of drug-likeness (QED) is 0.777. The molecular formula is C13H21BrN2. The summed E-state index contributed by atoms with van der Waals surface area (Å²) >= 11 is 3.68. The van der Waals surface area contributed by atoms with Gasteiger partial charge >= 0.3 is 0 Å². The maximum absolute atomic E-state index is 4.42. The van der Waals surface area contributed by atoms with E-state index in [1.54, 1.807) is 6.33 Å². The van der Waals surface area contributed by atoms with Crippen molar-refractivity contribution in [1.29, 1.82) is 0 Å². The Kier molecular flexibility index (Phi) is 4.90. The van der Waals surface area contributed by atoms with Gasteiger partial charge in [0.15, 0.2) is 0 Å². The minimum Gasteiger partial charge on any atom is -0.241 e. The Labute approximate surface area is 107 Å². The van der Waals surface area contributed by atoms with Crippen LogP contribution in [0.15, 0.2) is 12.4 Å². The molecule has 0 aliphatic carbocycles. The van der Waals surface area contributed by atoms with E-state index in [0.29, 0.717) is 22.6 Å². The maximum atomic E-state index is 4.42. The molecule has 0 spiro atoms. The highest BCUT2D eigenvalue weighted by atomic mass is 79.9. The molecule has 2 unspecified atom stereocenters. The Balaban J connectivity index is 3.05. The highest BCUT2D eigenvalue weighted by molar-refractivity contribution is 9.09. The molecule has 1 aromatic rings. The number of aromatic nitrogens is 2. The van der Waals surface area contributed by atoms with E-state index in [2.05, 4.69) is 66.6 Å². The van der Waals surface area contributed by atoms with E-state index in [-0.39, 0.29) is 0 Å². The van der Waals surface area contributed by atoms with Gasteiger partial charge in [-0.3, -0.25) is 0 Å². The molecule has 2 nitrogen and oxygen atoms in total. The largest absolute Gasteiger partial charge is 0.241 e. The molecule has 2 atom stereocenters. The fourth-order valence-electron chi connectivity index (χ4n) is 1.99. The first-order valence-corrected chi connectivity index (χ1v) is 6.81. The van der Waals surface area contributed by atoms with Crippen LogP contribution >= 0.6 is 15.9 Å². The van der Waals surface area contributed by atoms with Crippen LogP contribution in [0.2, 0.25) is 0 Å². The number of hydrogen-bond donors (Lipinski definition) is 0. The standard InChI is InChI=1S/C13H21BrN2/c1-8(2)11-6-12(16-7-15-11)13(9(3)4)10(5)14/h6-10,13H,1-5H3. The average molecular weight is 285 g/mol. The molecule has 0 fully saturated rings. The summed E-state index contributed by atoms with van der Waals surface area (Å²) in [7, 11) is 0. The molecule has 90 valence electrons. The van der Waals surface area contributed by atoms with E-state index in [0.717, 1.165) is 11.4 Å². The van der Waals surface area contributed by atoms with E-state index in [1.807, 2.05) is 0 Å². The second-order valence-corrected chi connectivity index (χ2v) is 6.41. The van der Waals surface area contributed by atoms with Crippen molar-refractivity contribution < 1.29 is 0 Å². The number of alkyl halides is 1. The van der Waals surface area contributed by atoms with Crippen LogP contribution in [0.1, 0.15) is 57.8 Å². The Morgan fingerprint density at radius 2 is 1.56 bits per heavy atom. The lowest BCUT2D eigenvalue weighted by Crippen LogP contribution is -2.17. The van der Waals surface area contributed by atoms with E-state index >= 15 is 0 Å². The predicted octanol–water partition coefficient (Wildman–Crippen LogP) is 4.12. The van der Waals surface area contributed by atoms with Crippen molar-refractivity contribution in [2.75, 3.05) is 0 Å². The monoisotopic (exact) mass is 284 g/mol. The highest BCUT2D eigenvalue weighted by Gasteiger charge is 2.22. The highest BCUT2D eigenvalue weighted by Crippen LogP contribution is 2.31. The molecule has 0 aliphatic heterocycles. The zero-order valence-corrected chi connectivity index (χ0v) is 12.3. The first-order chi connectivity index (χ1) is 7.43. The van der Waals surface area contributed by atoms with Crippen molar-refractivity contribution >= 4 is 15.9 Å². The van der Waals surface area contributed by atoms with Crippen LogP contribution in [-0.2, 0) is 0 Å². The number of rotatable bonds is 4. The van der Waals surface area contributed by atoms with Crippen molar-refractivity contribution in [2.45, 2.75) is 51.3 Å². The van der Waals surface area contributed by atoms with Gasteiger partial charge in [0.1, 0.15) is 6.33 Å². The Hall–Kier alpha value is -0.440. The van der Waals surface area contributed by atoms with Gasteiger partial charge in [0.25, 0.3) is 0 Å². The molecule has 1 rings (SSSR count). The summed E-state index contributed by atoms with van der Waals surface area (Å²) in [6.07, 6.45) is 1.69. The molecule has 0 radical (unpaired) electrons. The number of hydrogen-bond acceptors (Lipinski definition) is 2. The fourth-order valence-corrected chi connectivity index (χ4v) is 2.87. The zero-order chi connectivity index (χ0) is 12.3. The summed E-state index contributed by atoms with van der Waals surface area (Å²) in [6, 6.07) is 2.15. The molecule has 1 aromatic heterocycles. The van der Waals surface area contributed by atoms with E-state index in [4.69, 9.17) is 0 Å². The predicted molar refractivity (Wildman–Crippen MR) is 72.1 cm³/mol. The Morgan fingerprint density at radius 3 is 2.00 bits per heavy atom. The summed E-state index contributed by atoms with van der Waals surface area (Å²) < 4.78 is 0. The minimum absolute atomic E-state index is 0.433. The van der Waals surface area contributed by atoms with Crippen LogP contribution < -0.4 is 0 Å². The molecule has 0 N–H and O–H groups in total. The summed E-state index contributed by atoms with van der Waals surface area (Å²) in [5.41, 5.74) is 2.28. The van der Waals surface area contributed by atoms with Crippen LogP contribution in [0.3, 0.4) is 0 Å². The van der Waals surface area contributed by atoms with Gasteiger partial charge in [-0.15, -0.1) is 0 Å². The summed E-state index contributed by atoms with van der Waals surface area (Å²) in [5, 5.41) is 0. The van der Waals surface area contributed by atoms with Crippen molar-refractivity contribution in [3.05, 3.63) is 23.8 Å². The molecular weight excluding hydrogens is 264 g/mol. The van der Waals surface area contributed by atoms with Gasteiger partial charge in [-0.25, -0.2) is 9.97 Å². The van der Waals surface area contributed by atoms with Crippen LogP contribution in [0.5, 0.6) is 0 Å². The van der Waals surface area contributed by atoms with Crippen LogP contribution in [-0.4, -0.2) is 14.8 Å². The molecule has 0 saturated heterocycles. The van der Waals surface area contributed by atoms with Crippen molar-refractivity contribution in [1.82, 2.24) is 9.97 Å². The third-order valence-corrected chi connectivity index (χ3v) is 3.43. The third-order valence-electron chi connectivity index (χ3n) is 2.86. The molecule has 16 heavy (non-hydrogen) atoms. The van der Waals surface area contributed by atoms with Gasteiger partial charge in [0.2, 0.25) is 0 Å². The lowest BCUT2D eigenvalue weighted by molar-refractivity contribution is 0.486. The lowest BCUT2D eigenvalue weighted by atomic mass is 9.89. The van der Waals surface area contributed by atoms with Crippen molar-refractivity contribution in [2.24, 2.45) is 5.92 Å². The smallest absolute Gasteiger partial charge is 0.115 e. The van der Waals surface area contributed by atoms with E-state index in [9.17, 15) is 0 Å². The number of halogens is 1. The van der Waals surface area contributed by atoms with Crippen LogP contribution in [0.25, 0.3) is 0 Å². The normalized spacial score (nSPS) is 15.5. The first-order valence-electron chi connectivity index (χ1n) is 5.89. The molecule has 0 bridgehead atoms. The Bertz CT molecular complexity index is 326. The molecule has 0 aromatic carbocycles. The molecule has 0 aliphatic rings. The van der Waals surface area contributed by atoms with Gasteiger partial charge in [-0.2, -0.15) is 0 Å². The second kappa shape index (κ2) is 5.76. The fraction of sp³-hybridized carbons (Fsp3) is 0.692. The average Bonchev–Trinajstić information content (AvgIpc) is 2.16. The Morgan fingerprint density at radius 1 is 1.00 bits per heavy atom. The topological polar surface area (TPSA) is 25.8 Å². The van der Waals surface area contributed by atoms with E-state index < -0.39 is 0 Å². The summed E-state index contributed by atoms with van der Waals surface area (Å²) in [4.78, 5) is 9.17. The van der Waals surface area contributed by atoms with Gasteiger partial charge in [0.05, 0.1) is 0 Å². The molecule has 0 amide bonds.